The largest absolute Gasteiger partial charge is 0.317 e. The molecule has 3 aromatic rings. The zero-order chi connectivity index (χ0) is 14.7. The molecule has 1 amide bonds. The molecular formula is C12H12N8O. The van der Waals surface area contributed by atoms with E-state index >= 15 is 0 Å². The number of nitrogens with one attached hydrogen (secondary N) is 2. The predicted octanol–water partition coefficient (Wildman–Crippen LogP) is 0.595. The van der Waals surface area contributed by atoms with E-state index in [4.69, 9.17) is 0 Å². The molecule has 2 N–H and O–H groups in total. The number of carbonyl (C=O) groups is 1. The van der Waals surface area contributed by atoms with E-state index in [1.807, 2.05) is 13.0 Å². The van der Waals surface area contributed by atoms with Gasteiger partial charge in [0, 0.05) is 6.42 Å². The molecule has 0 aliphatic heterocycles. The number of aromatic amines is 1. The van der Waals surface area contributed by atoms with Gasteiger partial charge in [0.2, 0.25) is 5.82 Å². The fraction of sp³-hybridized carbons (Fsp3) is 0.167. The van der Waals surface area contributed by atoms with Gasteiger partial charge in [0.25, 0.3) is 5.91 Å². The third-order valence-electron chi connectivity index (χ3n) is 2.82. The Balaban J connectivity index is 1.86. The minimum Gasteiger partial charge on any atom is -0.317 e. The molecule has 0 spiro atoms. The van der Waals surface area contributed by atoms with Crippen LogP contribution in [-0.4, -0.2) is 41.3 Å². The number of aryl methyl sites for hydroxylation is 1. The van der Waals surface area contributed by atoms with Crippen LogP contribution in [0, 0.1) is 0 Å². The van der Waals surface area contributed by atoms with E-state index in [0.717, 1.165) is 0 Å². The van der Waals surface area contributed by atoms with Crippen LogP contribution in [-0.2, 0) is 6.42 Å². The Hall–Kier alpha value is -3.10. The number of hydrogen-bond donors (Lipinski definition) is 2. The standard InChI is InChI=1S/C12H12N8O/c1-2-10-15-11(17-16-10)12(21)14-8-5-3-4-6-9(8)20-7-13-18-19-20/h3-7H,2H2,1H3,(H,14,21)(H,15,16,17). The maximum Gasteiger partial charge on any atom is 0.295 e. The molecule has 0 saturated carbocycles. The highest BCUT2D eigenvalue weighted by Crippen LogP contribution is 2.18. The summed E-state index contributed by atoms with van der Waals surface area (Å²) in [7, 11) is 0. The third-order valence-corrected chi connectivity index (χ3v) is 2.82. The quantitative estimate of drug-likeness (QED) is 0.725. The number of hydrogen-bond acceptors (Lipinski definition) is 6. The molecule has 2 aromatic heterocycles. The van der Waals surface area contributed by atoms with Crippen LogP contribution >= 0.6 is 0 Å². The van der Waals surface area contributed by atoms with Gasteiger partial charge >= 0.3 is 0 Å². The molecule has 0 atom stereocenters. The average molecular weight is 284 g/mol. The Morgan fingerprint density at radius 3 is 2.95 bits per heavy atom. The maximum absolute atomic E-state index is 12.1. The Bertz CT molecular complexity index is 748. The van der Waals surface area contributed by atoms with Crippen LogP contribution in [0.3, 0.4) is 0 Å². The summed E-state index contributed by atoms with van der Waals surface area (Å²) in [5.74, 6) is 0.360. The molecule has 3 rings (SSSR count). The van der Waals surface area contributed by atoms with E-state index in [0.29, 0.717) is 23.6 Å². The summed E-state index contributed by atoms with van der Waals surface area (Å²) in [6, 6.07) is 7.18. The van der Waals surface area contributed by atoms with Crippen molar-refractivity contribution in [2.75, 3.05) is 5.32 Å². The molecule has 0 aliphatic rings. The Kier molecular flexibility index (Phi) is 3.37. The van der Waals surface area contributed by atoms with Crippen molar-refractivity contribution in [1.29, 1.82) is 0 Å². The second-order valence-corrected chi connectivity index (χ2v) is 4.18. The first-order valence-corrected chi connectivity index (χ1v) is 6.33. The molecule has 0 bridgehead atoms. The number of anilines is 1. The van der Waals surface area contributed by atoms with Crippen LogP contribution in [0.1, 0.15) is 23.4 Å². The third kappa shape index (κ3) is 2.61. The average Bonchev–Trinajstić information content (AvgIpc) is 3.19. The van der Waals surface area contributed by atoms with Crippen molar-refractivity contribution < 1.29 is 4.79 Å². The summed E-state index contributed by atoms with van der Waals surface area (Å²) in [5, 5.41) is 20.3. The molecule has 9 heteroatoms. The van der Waals surface area contributed by atoms with Crippen LogP contribution in [0.25, 0.3) is 5.69 Å². The molecule has 0 radical (unpaired) electrons. The van der Waals surface area contributed by atoms with Crippen molar-refractivity contribution >= 4 is 11.6 Å². The lowest BCUT2D eigenvalue weighted by Gasteiger charge is -2.08. The number of para-hydroxylation sites is 2. The molecule has 2 heterocycles. The number of carbonyl (C=O) groups excluding carboxylic acids is 1. The van der Waals surface area contributed by atoms with Crippen molar-refractivity contribution in [2.24, 2.45) is 0 Å². The van der Waals surface area contributed by atoms with Gasteiger partial charge in [-0.3, -0.25) is 9.89 Å². The van der Waals surface area contributed by atoms with Gasteiger partial charge in [-0.2, -0.15) is 4.68 Å². The lowest BCUT2D eigenvalue weighted by atomic mass is 10.2. The number of H-pyrrole nitrogens is 1. The van der Waals surface area contributed by atoms with Gasteiger partial charge in [0.15, 0.2) is 0 Å². The van der Waals surface area contributed by atoms with E-state index < -0.39 is 5.91 Å². The van der Waals surface area contributed by atoms with Crippen molar-refractivity contribution in [3.63, 3.8) is 0 Å². The Morgan fingerprint density at radius 1 is 1.38 bits per heavy atom. The summed E-state index contributed by atoms with van der Waals surface area (Å²) in [6.45, 7) is 1.93. The topological polar surface area (TPSA) is 114 Å². The number of tetrazole rings is 1. The zero-order valence-electron chi connectivity index (χ0n) is 11.2. The smallest absolute Gasteiger partial charge is 0.295 e. The van der Waals surface area contributed by atoms with Gasteiger partial charge in [-0.1, -0.05) is 19.1 Å². The van der Waals surface area contributed by atoms with E-state index in [-0.39, 0.29) is 5.82 Å². The van der Waals surface area contributed by atoms with Crippen LogP contribution in [0.15, 0.2) is 30.6 Å². The van der Waals surface area contributed by atoms with Gasteiger partial charge < -0.3 is 5.32 Å². The first kappa shape index (κ1) is 12.9. The highest BCUT2D eigenvalue weighted by Gasteiger charge is 2.14. The summed E-state index contributed by atoms with van der Waals surface area (Å²) in [4.78, 5) is 16.2. The summed E-state index contributed by atoms with van der Waals surface area (Å²) in [6.07, 6.45) is 2.13. The molecule has 9 nitrogen and oxygen atoms in total. The highest BCUT2D eigenvalue weighted by atomic mass is 16.2. The zero-order valence-corrected chi connectivity index (χ0v) is 11.2. The highest BCUT2D eigenvalue weighted by molar-refractivity contribution is 6.02. The van der Waals surface area contributed by atoms with Crippen LogP contribution in [0.2, 0.25) is 0 Å². The molecule has 0 unspecified atom stereocenters. The minimum absolute atomic E-state index is 0.0957. The van der Waals surface area contributed by atoms with Gasteiger partial charge in [-0.05, 0) is 22.6 Å². The number of nitrogens with zero attached hydrogens (tertiary/aromatic N) is 6. The lowest BCUT2D eigenvalue weighted by Crippen LogP contribution is -2.15. The molecule has 0 aliphatic carbocycles. The first-order chi connectivity index (χ1) is 10.3. The monoisotopic (exact) mass is 284 g/mol. The fourth-order valence-electron chi connectivity index (χ4n) is 1.78. The fourth-order valence-corrected chi connectivity index (χ4v) is 1.78. The number of aromatic nitrogens is 7. The van der Waals surface area contributed by atoms with Gasteiger partial charge in [0.05, 0.1) is 11.4 Å². The number of benzene rings is 1. The Labute approximate surface area is 119 Å². The molecule has 21 heavy (non-hydrogen) atoms. The minimum atomic E-state index is -0.397. The molecular weight excluding hydrogens is 272 g/mol. The molecule has 1 aromatic carbocycles. The molecule has 106 valence electrons. The number of amides is 1. The van der Waals surface area contributed by atoms with Gasteiger partial charge in [-0.25, -0.2) is 4.98 Å². The summed E-state index contributed by atoms with van der Waals surface area (Å²) >= 11 is 0. The molecule has 0 saturated heterocycles. The SMILES string of the molecule is CCc1nc(C(=O)Nc2ccccc2-n2cnnn2)n[nH]1. The van der Waals surface area contributed by atoms with E-state index in [2.05, 4.69) is 36.0 Å². The Morgan fingerprint density at radius 2 is 2.24 bits per heavy atom. The van der Waals surface area contributed by atoms with Gasteiger partial charge in [-0.15, -0.1) is 10.2 Å². The van der Waals surface area contributed by atoms with E-state index in [1.54, 1.807) is 18.2 Å². The van der Waals surface area contributed by atoms with Crippen molar-refractivity contribution in [2.45, 2.75) is 13.3 Å². The second-order valence-electron chi connectivity index (χ2n) is 4.18. The van der Waals surface area contributed by atoms with Crippen molar-refractivity contribution in [1.82, 2.24) is 35.4 Å². The van der Waals surface area contributed by atoms with Crippen LogP contribution < -0.4 is 5.32 Å². The second kappa shape index (κ2) is 5.49. The summed E-state index contributed by atoms with van der Waals surface area (Å²) in [5.41, 5.74) is 1.22. The lowest BCUT2D eigenvalue weighted by molar-refractivity contribution is 0.101. The van der Waals surface area contributed by atoms with Crippen molar-refractivity contribution in [3.05, 3.63) is 42.2 Å². The summed E-state index contributed by atoms with van der Waals surface area (Å²) < 4.78 is 1.46. The molecule has 0 fully saturated rings. The normalized spacial score (nSPS) is 10.5. The first-order valence-electron chi connectivity index (χ1n) is 6.33. The van der Waals surface area contributed by atoms with Crippen molar-refractivity contribution in [3.8, 4) is 5.69 Å². The maximum atomic E-state index is 12.1. The number of rotatable bonds is 4. The van der Waals surface area contributed by atoms with Crippen LogP contribution in [0.4, 0.5) is 5.69 Å². The predicted molar refractivity (Wildman–Crippen MR) is 72.9 cm³/mol. The van der Waals surface area contributed by atoms with E-state index in [9.17, 15) is 4.79 Å². The van der Waals surface area contributed by atoms with Crippen LogP contribution in [0.5, 0.6) is 0 Å². The van der Waals surface area contributed by atoms with Gasteiger partial charge in [0.1, 0.15) is 12.2 Å². The van der Waals surface area contributed by atoms with E-state index in [1.165, 1.54) is 11.0 Å².